The third-order valence-corrected chi connectivity index (χ3v) is 3.11. The van der Waals surface area contributed by atoms with E-state index in [1.165, 1.54) is 6.07 Å². The van der Waals surface area contributed by atoms with Gasteiger partial charge in [0.1, 0.15) is 5.82 Å². The molecule has 1 aromatic carbocycles. The minimum atomic E-state index is -0.844. The lowest BCUT2D eigenvalue weighted by Crippen LogP contribution is -2.33. The van der Waals surface area contributed by atoms with Crippen LogP contribution < -0.4 is 4.90 Å². The van der Waals surface area contributed by atoms with Crippen LogP contribution in [0.3, 0.4) is 0 Å². The topological polar surface area (TPSA) is 40.5 Å². The highest BCUT2D eigenvalue weighted by molar-refractivity contribution is 9.10. The van der Waals surface area contributed by atoms with Crippen LogP contribution in [0.5, 0.6) is 0 Å². The van der Waals surface area contributed by atoms with Crippen molar-refractivity contribution in [1.82, 2.24) is 0 Å². The van der Waals surface area contributed by atoms with E-state index >= 15 is 0 Å². The first kappa shape index (κ1) is 15.0. The number of carboxylic acid groups (broad SMARTS) is 1. The molecule has 0 aromatic heterocycles. The maximum absolute atomic E-state index is 13.7. The fraction of sp³-hybridized carbons (Fsp3) is 0.462. The van der Waals surface area contributed by atoms with Crippen LogP contribution in [0.1, 0.15) is 20.3 Å². The summed E-state index contributed by atoms with van der Waals surface area (Å²) in [6.45, 7) is 4.17. The quantitative estimate of drug-likeness (QED) is 0.903. The lowest BCUT2D eigenvalue weighted by molar-refractivity contribution is -0.139. The van der Waals surface area contributed by atoms with Gasteiger partial charge < -0.3 is 10.0 Å². The van der Waals surface area contributed by atoms with Crippen LogP contribution in [0.2, 0.25) is 0 Å². The first-order valence-electron chi connectivity index (χ1n) is 5.59. The summed E-state index contributed by atoms with van der Waals surface area (Å²) >= 11 is 3.30. The van der Waals surface area contributed by atoms with Crippen molar-refractivity contribution in [2.45, 2.75) is 20.3 Å². The first-order valence-corrected chi connectivity index (χ1v) is 6.38. The summed E-state index contributed by atoms with van der Waals surface area (Å²) < 4.78 is 14.5. The average molecular weight is 318 g/mol. The number of carbonyl (C=O) groups is 1. The molecular weight excluding hydrogens is 301 g/mol. The Bertz CT molecular complexity index is 449. The Labute approximate surface area is 115 Å². The third-order valence-electron chi connectivity index (χ3n) is 2.61. The normalized spacial score (nSPS) is 11.4. The first-order chi connectivity index (χ1) is 8.21. The van der Waals surface area contributed by atoms with Crippen LogP contribution in [0, 0.1) is 11.2 Å². The zero-order valence-electron chi connectivity index (χ0n) is 10.7. The van der Waals surface area contributed by atoms with Crippen molar-refractivity contribution in [2.24, 2.45) is 5.41 Å². The molecule has 0 aliphatic carbocycles. The number of hydrogen-bond acceptors (Lipinski definition) is 2. The minimum Gasteiger partial charge on any atom is -0.481 e. The molecule has 0 saturated carbocycles. The minimum absolute atomic E-state index is 0.0486. The van der Waals surface area contributed by atoms with Crippen molar-refractivity contribution < 1.29 is 14.3 Å². The summed E-state index contributed by atoms with van der Waals surface area (Å²) in [6.07, 6.45) is 0.0486. The molecule has 3 nitrogen and oxygen atoms in total. The van der Waals surface area contributed by atoms with E-state index in [4.69, 9.17) is 5.11 Å². The van der Waals surface area contributed by atoms with E-state index in [0.717, 1.165) is 4.47 Å². The van der Waals surface area contributed by atoms with Crippen LogP contribution in [0.15, 0.2) is 22.7 Å². The molecule has 1 N–H and O–H groups in total. The van der Waals surface area contributed by atoms with E-state index in [-0.39, 0.29) is 12.2 Å². The van der Waals surface area contributed by atoms with Gasteiger partial charge in [0.25, 0.3) is 0 Å². The summed E-state index contributed by atoms with van der Waals surface area (Å²) in [6, 6.07) is 4.71. The number of aliphatic carboxylic acids is 1. The lowest BCUT2D eigenvalue weighted by Gasteiger charge is -2.30. The molecule has 1 aromatic rings. The summed E-state index contributed by atoms with van der Waals surface area (Å²) in [5.41, 5.74) is 0.0397. The molecule has 0 aliphatic heterocycles. The molecule has 0 fully saturated rings. The highest BCUT2D eigenvalue weighted by Gasteiger charge is 2.24. The van der Waals surface area contributed by atoms with Crippen LogP contribution >= 0.6 is 15.9 Å². The van der Waals surface area contributed by atoms with Crippen LogP contribution in [0.4, 0.5) is 10.1 Å². The Morgan fingerprint density at radius 1 is 1.50 bits per heavy atom. The van der Waals surface area contributed by atoms with Gasteiger partial charge in [-0.05, 0) is 23.6 Å². The van der Waals surface area contributed by atoms with Crippen molar-refractivity contribution in [3.05, 3.63) is 28.5 Å². The highest BCUT2D eigenvalue weighted by atomic mass is 79.9. The fourth-order valence-electron chi connectivity index (χ4n) is 1.97. The van der Waals surface area contributed by atoms with Gasteiger partial charge in [-0.2, -0.15) is 0 Å². The van der Waals surface area contributed by atoms with Crippen LogP contribution in [-0.2, 0) is 4.79 Å². The number of anilines is 1. The van der Waals surface area contributed by atoms with E-state index in [1.54, 1.807) is 24.1 Å². The van der Waals surface area contributed by atoms with Crippen LogP contribution in [-0.4, -0.2) is 24.7 Å². The maximum atomic E-state index is 13.7. The Hall–Kier alpha value is -1.10. The Balaban J connectivity index is 2.84. The highest BCUT2D eigenvalue weighted by Crippen LogP contribution is 2.28. The smallest absolute Gasteiger partial charge is 0.303 e. The van der Waals surface area contributed by atoms with Crippen molar-refractivity contribution in [3.63, 3.8) is 0 Å². The number of nitrogens with zero attached hydrogens (tertiary/aromatic N) is 1. The Morgan fingerprint density at radius 3 is 2.67 bits per heavy atom. The Morgan fingerprint density at radius 2 is 2.11 bits per heavy atom. The van der Waals surface area contributed by atoms with Crippen LogP contribution in [0.25, 0.3) is 0 Å². The summed E-state index contributed by atoms with van der Waals surface area (Å²) in [5, 5.41) is 8.83. The average Bonchev–Trinajstić information content (AvgIpc) is 2.18. The van der Waals surface area contributed by atoms with Gasteiger partial charge >= 0.3 is 5.97 Å². The fourth-order valence-corrected chi connectivity index (χ4v) is 2.32. The van der Waals surface area contributed by atoms with Crippen molar-refractivity contribution in [1.29, 1.82) is 0 Å². The molecule has 0 atom stereocenters. The molecule has 0 aliphatic rings. The van der Waals surface area contributed by atoms with Gasteiger partial charge in [0.05, 0.1) is 12.1 Å². The lowest BCUT2D eigenvalue weighted by atomic mass is 9.88. The largest absolute Gasteiger partial charge is 0.481 e. The second kappa shape index (κ2) is 5.69. The monoisotopic (exact) mass is 317 g/mol. The zero-order chi connectivity index (χ0) is 13.9. The van der Waals surface area contributed by atoms with Gasteiger partial charge in [-0.1, -0.05) is 29.8 Å². The number of benzene rings is 1. The molecule has 0 amide bonds. The molecule has 0 saturated heterocycles. The Kier molecular flexibility index (Phi) is 4.73. The standard InChI is InChI=1S/C13H17BrFNO2/c1-13(2,7-12(17)18)8-16(3)11-6-9(14)4-5-10(11)15/h4-6H,7-8H2,1-3H3,(H,17,18). The van der Waals surface area contributed by atoms with Crippen molar-refractivity contribution in [2.75, 3.05) is 18.5 Å². The molecule has 0 radical (unpaired) electrons. The molecule has 5 heteroatoms. The predicted octanol–water partition coefficient (Wildman–Crippen LogP) is 3.53. The number of carboxylic acids is 1. The molecule has 0 heterocycles. The van der Waals surface area contributed by atoms with E-state index in [2.05, 4.69) is 15.9 Å². The van der Waals surface area contributed by atoms with E-state index in [9.17, 15) is 9.18 Å². The molecular formula is C13H17BrFNO2. The van der Waals surface area contributed by atoms with E-state index < -0.39 is 11.4 Å². The second-order valence-corrected chi connectivity index (χ2v) is 6.10. The van der Waals surface area contributed by atoms with Gasteiger partial charge in [-0.15, -0.1) is 0 Å². The summed E-state index contributed by atoms with van der Waals surface area (Å²) in [5.74, 6) is -1.16. The molecule has 18 heavy (non-hydrogen) atoms. The van der Waals surface area contributed by atoms with Gasteiger partial charge in [-0.3, -0.25) is 4.79 Å². The van der Waals surface area contributed by atoms with Gasteiger partial charge in [0, 0.05) is 18.1 Å². The summed E-state index contributed by atoms with van der Waals surface area (Å²) in [4.78, 5) is 12.5. The van der Waals surface area contributed by atoms with Gasteiger partial charge in [-0.25, -0.2) is 4.39 Å². The SMILES string of the molecule is CN(CC(C)(C)CC(=O)O)c1cc(Br)ccc1F. The summed E-state index contributed by atoms with van der Waals surface area (Å²) in [7, 11) is 1.76. The molecule has 0 unspecified atom stereocenters. The van der Waals surface area contributed by atoms with E-state index in [1.807, 2.05) is 13.8 Å². The van der Waals surface area contributed by atoms with Crippen molar-refractivity contribution >= 4 is 27.6 Å². The number of hydrogen-bond donors (Lipinski definition) is 1. The number of rotatable bonds is 5. The molecule has 100 valence electrons. The van der Waals surface area contributed by atoms with Gasteiger partial charge in [0.2, 0.25) is 0 Å². The number of halogens is 2. The molecule has 0 spiro atoms. The van der Waals surface area contributed by atoms with Gasteiger partial charge in [0.15, 0.2) is 0 Å². The second-order valence-electron chi connectivity index (χ2n) is 5.19. The molecule has 0 bridgehead atoms. The molecule has 1 rings (SSSR count). The third kappa shape index (κ3) is 4.29. The van der Waals surface area contributed by atoms with E-state index in [0.29, 0.717) is 12.2 Å². The predicted molar refractivity (Wildman–Crippen MR) is 73.4 cm³/mol. The van der Waals surface area contributed by atoms with Crippen molar-refractivity contribution in [3.8, 4) is 0 Å². The maximum Gasteiger partial charge on any atom is 0.303 e. The zero-order valence-corrected chi connectivity index (χ0v) is 12.3.